The van der Waals surface area contributed by atoms with Crippen LogP contribution in [0.3, 0.4) is 0 Å². The molecule has 2 aliphatic rings. The number of carbonyl (C=O) groups excluding carboxylic acids is 1. The molecule has 30 heavy (non-hydrogen) atoms. The number of piperidine rings is 1. The SMILES string of the molecule is COc1cccc(CN2CC3(CCN(C(=O)OC(C(F)(F)F)C(F)(F)F)CC3)C2)c1. The molecule has 168 valence electrons. The summed E-state index contributed by atoms with van der Waals surface area (Å²) in [6.45, 7) is 2.34. The predicted molar refractivity (Wildman–Crippen MR) is 93.9 cm³/mol. The number of carbonyl (C=O) groups is 1. The van der Waals surface area contributed by atoms with Gasteiger partial charge in [0.05, 0.1) is 7.11 Å². The summed E-state index contributed by atoms with van der Waals surface area (Å²) >= 11 is 0. The molecule has 5 nitrogen and oxygen atoms in total. The molecule has 1 aromatic rings. The molecule has 0 saturated carbocycles. The van der Waals surface area contributed by atoms with Crippen LogP contribution in [0.25, 0.3) is 0 Å². The third-order valence-corrected chi connectivity index (χ3v) is 5.55. The Morgan fingerprint density at radius 1 is 1.10 bits per heavy atom. The van der Waals surface area contributed by atoms with E-state index in [4.69, 9.17) is 4.74 Å². The summed E-state index contributed by atoms with van der Waals surface area (Å²) in [4.78, 5) is 15.0. The summed E-state index contributed by atoms with van der Waals surface area (Å²) < 4.78 is 84.4. The highest BCUT2D eigenvalue weighted by Gasteiger charge is 2.60. The molecule has 1 aromatic carbocycles. The van der Waals surface area contributed by atoms with E-state index in [2.05, 4.69) is 9.64 Å². The summed E-state index contributed by atoms with van der Waals surface area (Å²) in [6.07, 6.45) is -16.1. The summed E-state index contributed by atoms with van der Waals surface area (Å²) in [5.74, 6) is 0.755. The zero-order chi connectivity index (χ0) is 22.2. The topological polar surface area (TPSA) is 42.0 Å². The minimum atomic E-state index is -5.71. The van der Waals surface area contributed by atoms with Crippen molar-refractivity contribution in [3.63, 3.8) is 0 Å². The van der Waals surface area contributed by atoms with Gasteiger partial charge < -0.3 is 14.4 Å². The number of rotatable bonds is 4. The number of methoxy groups -OCH3 is 1. The fourth-order valence-corrected chi connectivity index (χ4v) is 4.02. The maximum Gasteiger partial charge on any atom is 0.434 e. The van der Waals surface area contributed by atoms with E-state index in [1.807, 2.05) is 24.3 Å². The number of hydrogen-bond acceptors (Lipinski definition) is 4. The minimum Gasteiger partial charge on any atom is -0.497 e. The minimum absolute atomic E-state index is 0.0638. The second kappa shape index (κ2) is 8.16. The van der Waals surface area contributed by atoms with Crippen LogP contribution < -0.4 is 4.74 Å². The number of ether oxygens (including phenoxy) is 2. The molecular formula is C19H22F6N2O3. The van der Waals surface area contributed by atoms with Crippen LogP contribution >= 0.6 is 0 Å². The van der Waals surface area contributed by atoms with E-state index < -0.39 is 24.5 Å². The van der Waals surface area contributed by atoms with Crippen LogP contribution in [0.5, 0.6) is 5.75 Å². The fourth-order valence-electron chi connectivity index (χ4n) is 4.02. The molecule has 1 amide bonds. The van der Waals surface area contributed by atoms with Gasteiger partial charge in [0, 0.05) is 32.7 Å². The highest BCUT2D eigenvalue weighted by Crippen LogP contribution is 2.42. The van der Waals surface area contributed by atoms with Crippen LogP contribution in [0, 0.1) is 5.41 Å². The van der Waals surface area contributed by atoms with E-state index in [0.717, 1.165) is 29.3 Å². The molecule has 0 atom stereocenters. The molecule has 11 heteroatoms. The number of benzene rings is 1. The lowest BCUT2D eigenvalue weighted by Crippen LogP contribution is -2.60. The number of hydrogen-bond donors (Lipinski definition) is 0. The number of alkyl halides is 6. The summed E-state index contributed by atoms with van der Waals surface area (Å²) in [5, 5.41) is 0. The zero-order valence-electron chi connectivity index (χ0n) is 16.2. The second-order valence-electron chi connectivity index (χ2n) is 7.83. The van der Waals surface area contributed by atoms with Crippen molar-refractivity contribution >= 4 is 6.09 Å². The van der Waals surface area contributed by atoms with Crippen LogP contribution in [-0.4, -0.2) is 67.6 Å². The normalized spacial score (nSPS) is 19.7. The Kier molecular flexibility index (Phi) is 6.13. The van der Waals surface area contributed by atoms with Crippen molar-refractivity contribution < 1.29 is 40.6 Å². The van der Waals surface area contributed by atoms with E-state index >= 15 is 0 Å². The molecule has 2 fully saturated rings. The monoisotopic (exact) mass is 440 g/mol. The first-order valence-electron chi connectivity index (χ1n) is 9.36. The maximum atomic E-state index is 12.6. The van der Waals surface area contributed by atoms with Crippen molar-refractivity contribution in [2.45, 2.75) is 37.8 Å². The second-order valence-corrected chi connectivity index (χ2v) is 7.83. The van der Waals surface area contributed by atoms with Gasteiger partial charge in [-0.15, -0.1) is 0 Å². The van der Waals surface area contributed by atoms with Crippen LogP contribution in [0.2, 0.25) is 0 Å². The molecule has 1 spiro atoms. The lowest BCUT2D eigenvalue weighted by atomic mass is 9.72. The molecule has 2 saturated heterocycles. The van der Waals surface area contributed by atoms with Crippen molar-refractivity contribution in [3.8, 4) is 5.75 Å². The first kappa shape index (κ1) is 22.5. The van der Waals surface area contributed by atoms with E-state index in [9.17, 15) is 31.1 Å². The lowest BCUT2D eigenvalue weighted by molar-refractivity contribution is -0.308. The molecule has 2 heterocycles. The Bertz CT molecular complexity index is 737. The molecular weight excluding hydrogens is 418 g/mol. The molecule has 0 N–H and O–H groups in total. The molecule has 0 aromatic heterocycles. The van der Waals surface area contributed by atoms with Gasteiger partial charge in [-0.1, -0.05) is 12.1 Å². The van der Waals surface area contributed by atoms with Gasteiger partial charge in [-0.3, -0.25) is 4.90 Å². The van der Waals surface area contributed by atoms with Gasteiger partial charge in [-0.05, 0) is 36.0 Å². The van der Waals surface area contributed by atoms with Crippen LogP contribution in [0.4, 0.5) is 31.1 Å². The molecule has 0 bridgehead atoms. The summed E-state index contributed by atoms with van der Waals surface area (Å²) in [5.41, 5.74) is 0.999. The Balaban J connectivity index is 1.49. The smallest absolute Gasteiger partial charge is 0.434 e. The summed E-state index contributed by atoms with van der Waals surface area (Å²) in [6, 6.07) is 7.65. The average molecular weight is 440 g/mol. The molecule has 0 aliphatic carbocycles. The third kappa shape index (κ3) is 5.11. The van der Waals surface area contributed by atoms with Gasteiger partial charge >= 0.3 is 18.4 Å². The number of nitrogens with zero attached hydrogens (tertiary/aromatic N) is 2. The van der Waals surface area contributed by atoms with E-state index in [1.165, 1.54) is 0 Å². The Morgan fingerprint density at radius 2 is 1.70 bits per heavy atom. The summed E-state index contributed by atoms with van der Waals surface area (Å²) in [7, 11) is 1.59. The van der Waals surface area contributed by atoms with Crippen molar-refractivity contribution in [2.24, 2.45) is 5.41 Å². The van der Waals surface area contributed by atoms with Crippen LogP contribution in [-0.2, 0) is 11.3 Å². The number of amides is 1. The maximum absolute atomic E-state index is 12.6. The van der Waals surface area contributed by atoms with Gasteiger partial charge in [0.2, 0.25) is 0 Å². The van der Waals surface area contributed by atoms with Crippen LogP contribution in [0.15, 0.2) is 24.3 Å². The first-order valence-corrected chi connectivity index (χ1v) is 9.36. The van der Waals surface area contributed by atoms with Crippen molar-refractivity contribution in [3.05, 3.63) is 29.8 Å². The van der Waals surface area contributed by atoms with E-state index in [1.54, 1.807) is 7.11 Å². The largest absolute Gasteiger partial charge is 0.497 e. The molecule has 0 radical (unpaired) electrons. The Hall–Kier alpha value is -2.17. The number of halogens is 6. The van der Waals surface area contributed by atoms with Gasteiger partial charge in [0.1, 0.15) is 5.75 Å². The average Bonchev–Trinajstić information content (AvgIpc) is 2.63. The van der Waals surface area contributed by atoms with Crippen molar-refractivity contribution in [1.82, 2.24) is 9.80 Å². The van der Waals surface area contributed by atoms with E-state index in [0.29, 0.717) is 19.4 Å². The lowest BCUT2D eigenvalue weighted by Gasteiger charge is -2.54. The Morgan fingerprint density at radius 3 is 2.23 bits per heavy atom. The van der Waals surface area contributed by atoms with Gasteiger partial charge in [0.25, 0.3) is 6.10 Å². The molecule has 2 aliphatic heterocycles. The van der Waals surface area contributed by atoms with Gasteiger partial charge in [-0.2, -0.15) is 26.3 Å². The quantitative estimate of drug-likeness (QED) is 0.658. The van der Waals surface area contributed by atoms with Crippen LogP contribution in [0.1, 0.15) is 18.4 Å². The standard InChI is InChI=1S/C19H22F6N2O3/c1-29-14-4-2-3-13(9-14)10-26-11-17(12-26)5-7-27(8-6-17)16(28)30-15(18(20,21)22)19(23,24)25/h2-4,9,15H,5-8,10-12H2,1H3. The predicted octanol–water partition coefficient (Wildman–Crippen LogP) is 4.22. The Labute approximate surface area is 169 Å². The fraction of sp³-hybridized carbons (Fsp3) is 0.632. The van der Waals surface area contributed by atoms with Gasteiger partial charge in [-0.25, -0.2) is 4.79 Å². The van der Waals surface area contributed by atoms with Gasteiger partial charge in [0.15, 0.2) is 0 Å². The van der Waals surface area contributed by atoms with Crippen molar-refractivity contribution in [2.75, 3.05) is 33.3 Å². The molecule has 3 rings (SSSR count). The number of likely N-dealkylation sites (tertiary alicyclic amines) is 2. The van der Waals surface area contributed by atoms with E-state index in [-0.39, 0.29) is 18.5 Å². The third-order valence-electron chi connectivity index (χ3n) is 5.55. The van der Waals surface area contributed by atoms with Crippen molar-refractivity contribution in [1.29, 1.82) is 0 Å². The highest BCUT2D eigenvalue weighted by atomic mass is 19.4. The zero-order valence-corrected chi connectivity index (χ0v) is 16.2. The highest BCUT2D eigenvalue weighted by molar-refractivity contribution is 5.68. The molecule has 0 unspecified atom stereocenters. The first-order chi connectivity index (χ1) is 13.9.